The Hall–Kier alpha value is -1.96. The summed E-state index contributed by atoms with van der Waals surface area (Å²) in [6.07, 6.45) is 15.1. The van der Waals surface area contributed by atoms with Crippen LogP contribution in [0.1, 0.15) is 19.8 Å². The molecular formula is C16H18N2. The number of hydrogen-bond donors (Lipinski definition) is 1. The van der Waals surface area contributed by atoms with Gasteiger partial charge in [0.05, 0.1) is 11.4 Å². The van der Waals surface area contributed by atoms with Crippen molar-refractivity contribution in [1.29, 1.82) is 0 Å². The first-order valence-electron chi connectivity index (χ1n) is 6.62. The van der Waals surface area contributed by atoms with Gasteiger partial charge in [-0.05, 0) is 18.6 Å². The maximum absolute atomic E-state index is 3.39. The third-order valence-corrected chi connectivity index (χ3v) is 3.42. The highest BCUT2D eigenvalue weighted by molar-refractivity contribution is 5.79. The molecule has 2 heteroatoms. The molecule has 0 spiro atoms. The van der Waals surface area contributed by atoms with Crippen LogP contribution in [0.5, 0.6) is 0 Å². The van der Waals surface area contributed by atoms with Crippen molar-refractivity contribution in [1.82, 2.24) is 0 Å². The van der Waals surface area contributed by atoms with E-state index in [9.17, 15) is 0 Å². The largest absolute Gasteiger partial charge is 0.359 e. The van der Waals surface area contributed by atoms with E-state index in [0.717, 1.165) is 6.54 Å². The number of unbranched alkanes of at least 4 members (excludes halogenated alkanes) is 1. The van der Waals surface area contributed by atoms with Gasteiger partial charge in [0, 0.05) is 29.4 Å². The summed E-state index contributed by atoms with van der Waals surface area (Å²) in [6.45, 7) is 3.31. The van der Waals surface area contributed by atoms with Crippen LogP contribution < -0.4 is 20.7 Å². The fourth-order valence-electron chi connectivity index (χ4n) is 2.48. The van der Waals surface area contributed by atoms with Crippen LogP contribution in [0.15, 0.2) is 36.7 Å². The van der Waals surface area contributed by atoms with E-state index < -0.39 is 0 Å². The van der Waals surface area contributed by atoms with E-state index in [0.29, 0.717) is 0 Å². The molecule has 18 heavy (non-hydrogen) atoms. The van der Waals surface area contributed by atoms with Crippen molar-refractivity contribution in [3.05, 3.63) is 47.1 Å². The minimum absolute atomic E-state index is 1.08. The molecule has 2 aliphatic heterocycles. The Morgan fingerprint density at radius 2 is 1.94 bits per heavy atom. The van der Waals surface area contributed by atoms with Crippen molar-refractivity contribution in [2.24, 2.45) is 0 Å². The van der Waals surface area contributed by atoms with Crippen LogP contribution in [-0.2, 0) is 0 Å². The maximum atomic E-state index is 3.39. The molecule has 92 valence electrons. The van der Waals surface area contributed by atoms with Gasteiger partial charge in [-0.1, -0.05) is 37.6 Å². The molecule has 0 amide bonds. The lowest BCUT2D eigenvalue weighted by Gasteiger charge is -2.26. The molecule has 0 aromatic heterocycles. The fourth-order valence-corrected chi connectivity index (χ4v) is 2.48. The van der Waals surface area contributed by atoms with Crippen molar-refractivity contribution < 1.29 is 0 Å². The lowest BCUT2D eigenvalue weighted by molar-refractivity contribution is 0.781. The number of allylic oxidation sites excluding steroid dienone is 2. The Bertz CT molecular complexity index is 623. The summed E-state index contributed by atoms with van der Waals surface area (Å²) in [5.74, 6) is 0. The number of rotatable bonds is 3. The molecule has 0 fully saturated rings. The number of nitrogens with zero attached hydrogens (tertiary/aromatic N) is 1. The van der Waals surface area contributed by atoms with Crippen LogP contribution in [0.4, 0.5) is 11.4 Å². The van der Waals surface area contributed by atoms with Gasteiger partial charge in [0.25, 0.3) is 0 Å². The first kappa shape index (κ1) is 11.1. The molecule has 0 unspecified atom stereocenters. The van der Waals surface area contributed by atoms with Gasteiger partial charge in [-0.25, -0.2) is 0 Å². The van der Waals surface area contributed by atoms with E-state index in [2.05, 4.69) is 53.7 Å². The lowest BCUT2D eigenvalue weighted by Crippen LogP contribution is -2.30. The van der Waals surface area contributed by atoms with Crippen molar-refractivity contribution in [2.45, 2.75) is 19.8 Å². The Morgan fingerprint density at radius 3 is 2.83 bits per heavy atom. The monoisotopic (exact) mass is 238 g/mol. The smallest absolute Gasteiger partial charge is 0.0724 e. The molecule has 0 atom stereocenters. The van der Waals surface area contributed by atoms with Crippen molar-refractivity contribution >= 4 is 23.5 Å². The second-order valence-corrected chi connectivity index (χ2v) is 4.69. The minimum Gasteiger partial charge on any atom is -0.359 e. The van der Waals surface area contributed by atoms with Crippen LogP contribution in [0.3, 0.4) is 0 Å². The molecule has 0 saturated heterocycles. The summed E-state index contributed by atoms with van der Waals surface area (Å²) < 4.78 is 0. The van der Waals surface area contributed by atoms with E-state index in [1.807, 2.05) is 12.3 Å². The molecule has 2 heterocycles. The Kier molecular flexibility index (Phi) is 2.93. The first-order chi connectivity index (χ1) is 8.90. The van der Waals surface area contributed by atoms with E-state index >= 15 is 0 Å². The highest BCUT2D eigenvalue weighted by Crippen LogP contribution is 2.22. The lowest BCUT2D eigenvalue weighted by atomic mass is 10.1. The molecule has 0 radical (unpaired) electrons. The number of fused-ring (bicyclic) bond motifs is 3. The van der Waals surface area contributed by atoms with Gasteiger partial charge in [-0.3, -0.25) is 0 Å². The molecule has 1 aromatic carbocycles. The van der Waals surface area contributed by atoms with Gasteiger partial charge in [0.15, 0.2) is 0 Å². The van der Waals surface area contributed by atoms with Crippen LogP contribution >= 0.6 is 0 Å². The predicted molar refractivity (Wildman–Crippen MR) is 78.8 cm³/mol. The summed E-state index contributed by atoms with van der Waals surface area (Å²) in [5.41, 5.74) is 2.54. The van der Waals surface area contributed by atoms with Crippen LogP contribution in [0.25, 0.3) is 12.2 Å². The first-order valence-corrected chi connectivity index (χ1v) is 6.62. The third kappa shape index (κ3) is 1.84. The number of anilines is 2. The standard InChI is InChI=1S/C16H18N2/c1-2-3-11-18-12-5-7-14-9-8-13-6-4-10-17-15(13)16(14)18/h4-10,12,17H,2-3,11H2,1H3. The van der Waals surface area contributed by atoms with Gasteiger partial charge >= 0.3 is 0 Å². The zero-order valence-electron chi connectivity index (χ0n) is 10.7. The Labute approximate surface area is 108 Å². The normalized spacial score (nSPS) is 15.3. The highest BCUT2D eigenvalue weighted by Gasteiger charge is 2.14. The number of hydrogen-bond acceptors (Lipinski definition) is 2. The van der Waals surface area contributed by atoms with E-state index in [1.54, 1.807) is 0 Å². The van der Waals surface area contributed by atoms with Gasteiger partial charge < -0.3 is 10.2 Å². The summed E-state index contributed by atoms with van der Waals surface area (Å²) in [4.78, 5) is 2.36. The summed E-state index contributed by atoms with van der Waals surface area (Å²) in [6, 6.07) is 4.38. The second kappa shape index (κ2) is 4.73. The summed E-state index contributed by atoms with van der Waals surface area (Å²) >= 11 is 0. The second-order valence-electron chi connectivity index (χ2n) is 4.69. The Morgan fingerprint density at radius 1 is 1.11 bits per heavy atom. The molecular weight excluding hydrogens is 220 g/mol. The zero-order chi connectivity index (χ0) is 12.4. The van der Waals surface area contributed by atoms with Crippen molar-refractivity contribution in [3.8, 4) is 0 Å². The molecule has 0 bridgehead atoms. The number of nitrogens with one attached hydrogen (secondary N) is 1. The van der Waals surface area contributed by atoms with Crippen LogP contribution in [0.2, 0.25) is 0 Å². The predicted octanol–water partition coefficient (Wildman–Crippen LogP) is 2.32. The molecule has 1 N–H and O–H groups in total. The SMILES string of the molecule is CCCCN1C=CC=c2ccc3c(c21)NC=CC=3. The van der Waals surface area contributed by atoms with Crippen LogP contribution in [-0.4, -0.2) is 6.54 Å². The third-order valence-electron chi connectivity index (χ3n) is 3.42. The molecule has 0 aliphatic carbocycles. The molecule has 3 rings (SSSR count). The molecule has 2 nitrogen and oxygen atoms in total. The quantitative estimate of drug-likeness (QED) is 0.869. The Balaban J connectivity index is 2.12. The molecule has 0 saturated carbocycles. The van der Waals surface area contributed by atoms with E-state index in [4.69, 9.17) is 0 Å². The van der Waals surface area contributed by atoms with E-state index in [-0.39, 0.29) is 0 Å². The van der Waals surface area contributed by atoms with Gasteiger partial charge in [-0.15, -0.1) is 0 Å². The number of benzene rings is 1. The van der Waals surface area contributed by atoms with Crippen molar-refractivity contribution in [2.75, 3.05) is 16.8 Å². The average Bonchev–Trinajstić information content (AvgIpc) is 2.44. The van der Waals surface area contributed by atoms with Crippen LogP contribution in [0, 0.1) is 0 Å². The van der Waals surface area contributed by atoms with Gasteiger partial charge in [0.1, 0.15) is 0 Å². The zero-order valence-corrected chi connectivity index (χ0v) is 10.7. The van der Waals surface area contributed by atoms with Gasteiger partial charge in [0.2, 0.25) is 0 Å². The van der Waals surface area contributed by atoms with Gasteiger partial charge in [-0.2, -0.15) is 0 Å². The molecule has 1 aromatic rings. The summed E-state index contributed by atoms with van der Waals surface area (Å²) in [5, 5.41) is 5.95. The average molecular weight is 238 g/mol. The summed E-state index contributed by atoms with van der Waals surface area (Å²) in [7, 11) is 0. The minimum atomic E-state index is 1.08. The highest BCUT2D eigenvalue weighted by atomic mass is 15.1. The topological polar surface area (TPSA) is 15.3 Å². The maximum Gasteiger partial charge on any atom is 0.0724 e. The van der Waals surface area contributed by atoms with E-state index in [1.165, 1.54) is 34.7 Å². The van der Waals surface area contributed by atoms with Crippen molar-refractivity contribution in [3.63, 3.8) is 0 Å². The molecule has 2 aliphatic rings. The fraction of sp³-hybridized carbons (Fsp3) is 0.250.